The molecule has 0 aliphatic rings. The molecule has 0 amide bonds. The van der Waals surface area contributed by atoms with E-state index in [2.05, 4.69) is 55.5 Å². The molecular formula is C11H27N5. The minimum atomic E-state index is 0.365. The summed E-state index contributed by atoms with van der Waals surface area (Å²) in [7, 11) is 4.14. The average Bonchev–Trinajstić information content (AvgIpc) is 2.20. The number of nitrogens with two attached hydrogens (primary N) is 1. The second-order valence-electron chi connectivity index (χ2n) is 4.86. The highest BCUT2D eigenvalue weighted by molar-refractivity contribution is 5.79. The van der Waals surface area contributed by atoms with Crippen LogP contribution in [-0.4, -0.2) is 44.1 Å². The van der Waals surface area contributed by atoms with Crippen molar-refractivity contribution in [2.24, 2.45) is 16.8 Å². The second kappa shape index (κ2) is 8.35. The van der Waals surface area contributed by atoms with E-state index >= 15 is 0 Å². The van der Waals surface area contributed by atoms with E-state index in [-0.39, 0.29) is 0 Å². The number of hydrogen-bond acceptors (Lipinski definition) is 3. The van der Waals surface area contributed by atoms with E-state index in [9.17, 15) is 0 Å². The highest BCUT2D eigenvalue weighted by Crippen LogP contribution is 1.94. The first-order valence-electron chi connectivity index (χ1n) is 5.88. The molecule has 16 heavy (non-hydrogen) atoms. The number of nitrogens with zero attached hydrogens (tertiary/aromatic N) is 2. The summed E-state index contributed by atoms with van der Waals surface area (Å²) in [5.41, 5.74) is 2.60. The fourth-order valence-electron chi connectivity index (χ4n) is 1.16. The average molecular weight is 229 g/mol. The molecule has 0 radical (unpaired) electrons. The highest BCUT2D eigenvalue weighted by Gasteiger charge is 2.05. The lowest BCUT2D eigenvalue weighted by Crippen LogP contribution is -2.46. The molecule has 0 saturated heterocycles. The van der Waals surface area contributed by atoms with Crippen LogP contribution in [0.3, 0.4) is 0 Å². The van der Waals surface area contributed by atoms with Crippen molar-refractivity contribution >= 4 is 5.96 Å². The van der Waals surface area contributed by atoms with E-state index in [1.165, 1.54) is 0 Å². The lowest BCUT2D eigenvalue weighted by molar-refractivity contribution is 0.378. The van der Waals surface area contributed by atoms with Crippen LogP contribution in [0.1, 0.15) is 27.2 Å². The van der Waals surface area contributed by atoms with Gasteiger partial charge in [0.15, 0.2) is 0 Å². The highest BCUT2D eigenvalue weighted by atomic mass is 15.3. The van der Waals surface area contributed by atoms with Crippen molar-refractivity contribution in [3.8, 4) is 0 Å². The van der Waals surface area contributed by atoms with Gasteiger partial charge in [0.25, 0.3) is 0 Å². The molecule has 5 heteroatoms. The van der Waals surface area contributed by atoms with Gasteiger partial charge in [-0.15, -0.1) is 0 Å². The van der Waals surface area contributed by atoms with Crippen LogP contribution in [0.2, 0.25) is 0 Å². The summed E-state index contributed by atoms with van der Waals surface area (Å²) >= 11 is 0. The molecular weight excluding hydrogens is 202 g/mol. The first kappa shape index (κ1) is 15.2. The third-order valence-corrected chi connectivity index (χ3v) is 2.14. The van der Waals surface area contributed by atoms with Crippen LogP contribution in [0.4, 0.5) is 0 Å². The normalized spacial score (nSPS) is 14.4. The number of aliphatic imine (C=N–C) groups is 1. The van der Waals surface area contributed by atoms with Gasteiger partial charge in [0.2, 0.25) is 5.96 Å². The number of hydrazine groups is 1. The molecule has 0 aliphatic carbocycles. The summed E-state index contributed by atoms with van der Waals surface area (Å²) in [6.07, 6.45) is 1.06. The fourth-order valence-corrected chi connectivity index (χ4v) is 1.16. The lowest BCUT2D eigenvalue weighted by Gasteiger charge is -2.18. The number of hydrogen-bond donors (Lipinski definition) is 3. The summed E-state index contributed by atoms with van der Waals surface area (Å²) < 4.78 is 0. The molecule has 0 heterocycles. The van der Waals surface area contributed by atoms with Gasteiger partial charge in [-0.1, -0.05) is 13.8 Å². The molecule has 1 unspecified atom stereocenters. The molecule has 0 bridgehead atoms. The maximum absolute atomic E-state index is 5.41. The van der Waals surface area contributed by atoms with Gasteiger partial charge in [0.05, 0.1) is 0 Å². The van der Waals surface area contributed by atoms with E-state index in [1.54, 1.807) is 0 Å². The summed E-state index contributed by atoms with van der Waals surface area (Å²) in [6, 6.07) is 0.365. The molecule has 0 aliphatic heterocycles. The summed E-state index contributed by atoms with van der Waals surface area (Å²) in [4.78, 5) is 6.53. The van der Waals surface area contributed by atoms with Crippen molar-refractivity contribution in [1.82, 2.24) is 15.6 Å². The van der Waals surface area contributed by atoms with Gasteiger partial charge in [0, 0.05) is 12.6 Å². The third-order valence-electron chi connectivity index (χ3n) is 2.14. The van der Waals surface area contributed by atoms with E-state index in [4.69, 9.17) is 5.84 Å². The summed E-state index contributed by atoms with van der Waals surface area (Å²) in [5.74, 6) is 6.63. The Hall–Kier alpha value is -0.810. The maximum atomic E-state index is 5.41. The number of nitrogens with one attached hydrogen (secondary N) is 2. The van der Waals surface area contributed by atoms with Crippen molar-refractivity contribution in [2.45, 2.75) is 33.2 Å². The van der Waals surface area contributed by atoms with Gasteiger partial charge in [-0.3, -0.25) is 10.4 Å². The van der Waals surface area contributed by atoms with Crippen molar-refractivity contribution in [3.05, 3.63) is 0 Å². The van der Waals surface area contributed by atoms with Crippen LogP contribution >= 0.6 is 0 Å². The molecule has 0 aromatic carbocycles. The Morgan fingerprint density at radius 3 is 2.38 bits per heavy atom. The third kappa shape index (κ3) is 8.49. The van der Waals surface area contributed by atoms with Crippen LogP contribution in [-0.2, 0) is 0 Å². The Bertz CT molecular complexity index is 201. The van der Waals surface area contributed by atoms with Crippen LogP contribution in [0, 0.1) is 5.92 Å². The molecule has 0 spiro atoms. The Labute approximate surface area is 99.5 Å². The van der Waals surface area contributed by atoms with Crippen LogP contribution in [0.25, 0.3) is 0 Å². The monoisotopic (exact) mass is 229 g/mol. The maximum Gasteiger partial charge on any atom is 0.205 e. The summed E-state index contributed by atoms with van der Waals surface area (Å²) in [5, 5.41) is 3.26. The molecule has 0 aromatic heterocycles. The largest absolute Gasteiger partial charge is 0.353 e. The van der Waals surface area contributed by atoms with Crippen LogP contribution in [0.15, 0.2) is 4.99 Å². The minimum absolute atomic E-state index is 0.365. The summed E-state index contributed by atoms with van der Waals surface area (Å²) in [6.45, 7) is 8.23. The van der Waals surface area contributed by atoms with Gasteiger partial charge >= 0.3 is 0 Å². The Morgan fingerprint density at radius 2 is 1.94 bits per heavy atom. The first-order valence-corrected chi connectivity index (χ1v) is 5.88. The smallest absolute Gasteiger partial charge is 0.205 e. The topological polar surface area (TPSA) is 65.7 Å². The molecule has 4 N–H and O–H groups in total. The zero-order valence-electron chi connectivity index (χ0n) is 11.2. The number of rotatable bonds is 6. The first-order chi connectivity index (χ1) is 7.45. The number of guanidine groups is 1. The Kier molecular flexibility index (Phi) is 7.93. The zero-order valence-corrected chi connectivity index (χ0v) is 11.2. The quantitative estimate of drug-likeness (QED) is 0.267. The molecule has 0 aromatic rings. The predicted molar refractivity (Wildman–Crippen MR) is 70.2 cm³/mol. The second-order valence-corrected chi connectivity index (χ2v) is 4.86. The van der Waals surface area contributed by atoms with Crippen molar-refractivity contribution in [3.63, 3.8) is 0 Å². The van der Waals surface area contributed by atoms with Crippen LogP contribution < -0.4 is 16.6 Å². The van der Waals surface area contributed by atoms with E-state index < -0.39 is 0 Å². The Morgan fingerprint density at radius 1 is 1.31 bits per heavy atom. The van der Waals surface area contributed by atoms with Crippen LogP contribution in [0.5, 0.6) is 0 Å². The van der Waals surface area contributed by atoms with Crippen molar-refractivity contribution in [1.29, 1.82) is 0 Å². The van der Waals surface area contributed by atoms with E-state index in [0.29, 0.717) is 17.9 Å². The van der Waals surface area contributed by atoms with Crippen molar-refractivity contribution < 1.29 is 0 Å². The Balaban J connectivity index is 3.96. The van der Waals surface area contributed by atoms with Gasteiger partial charge in [0.1, 0.15) is 0 Å². The zero-order chi connectivity index (χ0) is 12.6. The molecule has 0 rings (SSSR count). The SMILES string of the molecule is CC(C)CN=C(NN)NC(C)CCN(C)C. The molecule has 96 valence electrons. The van der Waals surface area contributed by atoms with Crippen molar-refractivity contribution in [2.75, 3.05) is 27.2 Å². The molecule has 0 saturated carbocycles. The van der Waals surface area contributed by atoms with Gasteiger partial charge < -0.3 is 10.2 Å². The van der Waals surface area contributed by atoms with E-state index in [0.717, 1.165) is 19.5 Å². The van der Waals surface area contributed by atoms with Gasteiger partial charge in [-0.2, -0.15) is 0 Å². The molecule has 5 nitrogen and oxygen atoms in total. The predicted octanol–water partition coefficient (Wildman–Crippen LogP) is 0.392. The van der Waals surface area contributed by atoms with Gasteiger partial charge in [-0.05, 0) is 39.9 Å². The van der Waals surface area contributed by atoms with E-state index in [1.807, 2.05) is 0 Å². The lowest BCUT2D eigenvalue weighted by atomic mass is 10.2. The molecule has 1 atom stereocenters. The fraction of sp³-hybridized carbons (Fsp3) is 0.909. The molecule has 0 fully saturated rings. The van der Waals surface area contributed by atoms with Gasteiger partial charge in [-0.25, -0.2) is 5.84 Å². The minimum Gasteiger partial charge on any atom is -0.353 e. The standard InChI is InChI=1S/C11H27N5/c1-9(2)8-13-11(15-12)14-10(3)6-7-16(4)5/h9-10H,6-8,12H2,1-5H3,(H2,13,14,15).